The summed E-state index contributed by atoms with van der Waals surface area (Å²) in [6, 6.07) is 0. The highest BCUT2D eigenvalue weighted by Gasteiger charge is 2.22. The third kappa shape index (κ3) is 3.60. The summed E-state index contributed by atoms with van der Waals surface area (Å²) < 4.78 is 10.5. The first kappa shape index (κ1) is 13.6. The van der Waals surface area contributed by atoms with Gasteiger partial charge in [0.2, 0.25) is 0 Å². The molecule has 1 saturated heterocycles. The van der Waals surface area contributed by atoms with Gasteiger partial charge < -0.3 is 9.47 Å². The van der Waals surface area contributed by atoms with E-state index in [4.69, 9.17) is 9.47 Å². The molecule has 0 atom stereocenters. The van der Waals surface area contributed by atoms with Crippen LogP contribution < -0.4 is 0 Å². The monoisotopic (exact) mass is 269 g/mol. The third-order valence-electron chi connectivity index (χ3n) is 2.75. The lowest BCUT2D eigenvalue weighted by atomic mass is 9.93. The molecule has 1 aliphatic rings. The SMILES string of the molecule is CC(C)(C)c1csc(CC(=O)CC2OCCO2)n1. The zero-order chi connectivity index (χ0) is 13.2. The number of rotatable bonds is 4. The summed E-state index contributed by atoms with van der Waals surface area (Å²) in [6.07, 6.45) is 0.355. The van der Waals surface area contributed by atoms with Crippen LogP contribution in [0.4, 0.5) is 0 Å². The van der Waals surface area contributed by atoms with Gasteiger partial charge in [-0.15, -0.1) is 11.3 Å². The predicted octanol–water partition coefficient (Wildman–Crippen LogP) is 2.32. The standard InChI is InChI=1S/C13H19NO3S/c1-13(2,3)10-8-18-11(14-10)6-9(15)7-12-16-4-5-17-12/h8,12H,4-7H2,1-3H3. The van der Waals surface area contributed by atoms with Crippen LogP contribution >= 0.6 is 11.3 Å². The minimum Gasteiger partial charge on any atom is -0.350 e. The summed E-state index contributed by atoms with van der Waals surface area (Å²) in [7, 11) is 0. The molecule has 1 aromatic heterocycles. The molecule has 0 N–H and O–H groups in total. The van der Waals surface area contributed by atoms with Gasteiger partial charge in [0, 0.05) is 10.8 Å². The van der Waals surface area contributed by atoms with E-state index in [1.54, 1.807) is 11.3 Å². The molecule has 100 valence electrons. The van der Waals surface area contributed by atoms with Gasteiger partial charge in [-0.25, -0.2) is 4.98 Å². The molecule has 0 saturated carbocycles. The van der Waals surface area contributed by atoms with Gasteiger partial charge in [-0.05, 0) is 0 Å². The highest BCUT2D eigenvalue weighted by Crippen LogP contribution is 2.24. The maximum Gasteiger partial charge on any atom is 0.164 e. The van der Waals surface area contributed by atoms with E-state index < -0.39 is 0 Å². The van der Waals surface area contributed by atoms with E-state index in [2.05, 4.69) is 25.8 Å². The molecule has 5 heteroatoms. The second-order valence-electron chi connectivity index (χ2n) is 5.47. The van der Waals surface area contributed by atoms with Crippen molar-refractivity contribution in [1.82, 2.24) is 4.98 Å². The third-order valence-corrected chi connectivity index (χ3v) is 3.60. The zero-order valence-electron chi connectivity index (χ0n) is 11.1. The minimum absolute atomic E-state index is 0.0372. The Balaban J connectivity index is 1.88. The van der Waals surface area contributed by atoms with E-state index in [1.807, 2.05) is 5.38 Å². The average molecular weight is 269 g/mol. The molecule has 0 bridgehead atoms. The second-order valence-corrected chi connectivity index (χ2v) is 6.41. The Labute approximate surface area is 111 Å². The molecule has 1 aromatic rings. The molecule has 2 rings (SSSR count). The van der Waals surface area contributed by atoms with E-state index in [9.17, 15) is 4.79 Å². The molecule has 1 fully saturated rings. The van der Waals surface area contributed by atoms with Crippen LogP contribution in [0.25, 0.3) is 0 Å². The fourth-order valence-electron chi connectivity index (χ4n) is 1.69. The Kier molecular flexibility index (Phi) is 4.14. The topological polar surface area (TPSA) is 48.4 Å². The molecule has 0 spiro atoms. The van der Waals surface area contributed by atoms with E-state index in [0.717, 1.165) is 10.7 Å². The Morgan fingerprint density at radius 1 is 1.44 bits per heavy atom. The predicted molar refractivity (Wildman–Crippen MR) is 69.8 cm³/mol. The van der Waals surface area contributed by atoms with Crippen molar-refractivity contribution in [3.63, 3.8) is 0 Å². The number of hydrogen-bond acceptors (Lipinski definition) is 5. The number of Topliss-reactive ketones (excluding diaryl/α,β-unsaturated/α-hetero) is 1. The highest BCUT2D eigenvalue weighted by atomic mass is 32.1. The fourth-order valence-corrected chi connectivity index (χ4v) is 2.74. The number of ketones is 1. The van der Waals surface area contributed by atoms with Crippen LogP contribution in [0.3, 0.4) is 0 Å². The van der Waals surface area contributed by atoms with Gasteiger partial charge >= 0.3 is 0 Å². The van der Waals surface area contributed by atoms with E-state index in [0.29, 0.717) is 26.1 Å². The van der Waals surface area contributed by atoms with Crippen LogP contribution in [0.5, 0.6) is 0 Å². The lowest BCUT2D eigenvalue weighted by molar-refractivity contribution is -0.126. The first-order valence-electron chi connectivity index (χ1n) is 6.15. The van der Waals surface area contributed by atoms with E-state index in [-0.39, 0.29) is 17.5 Å². The summed E-state index contributed by atoms with van der Waals surface area (Å²) >= 11 is 1.55. The van der Waals surface area contributed by atoms with Gasteiger partial charge in [0.05, 0.1) is 31.7 Å². The van der Waals surface area contributed by atoms with Crippen LogP contribution in [0.2, 0.25) is 0 Å². The maximum absolute atomic E-state index is 11.8. The number of carbonyl (C=O) groups is 1. The summed E-state index contributed by atoms with van der Waals surface area (Å²) in [5.41, 5.74) is 1.08. The van der Waals surface area contributed by atoms with Crippen LogP contribution in [0.15, 0.2) is 5.38 Å². The maximum atomic E-state index is 11.8. The van der Waals surface area contributed by atoms with Gasteiger partial charge in [0.15, 0.2) is 6.29 Å². The molecule has 0 aromatic carbocycles. The van der Waals surface area contributed by atoms with Gasteiger partial charge in [0.1, 0.15) is 10.8 Å². The van der Waals surface area contributed by atoms with Crippen LogP contribution in [0.1, 0.15) is 37.9 Å². The van der Waals surface area contributed by atoms with Crippen molar-refractivity contribution in [2.24, 2.45) is 0 Å². The minimum atomic E-state index is -0.348. The van der Waals surface area contributed by atoms with Crippen molar-refractivity contribution in [2.45, 2.75) is 45.3 Å². The number of nitrogens with zero attached hydrogens (tertiary/aromatic N) is 1. The van der Waals surface area contributed by atoms with Crippen molar-refractivity contribution >= 4 is 17.1 Å². The van der Waals surface area contributed by atoms with Crippen LogP contribution in [0, 0.1) is 0 Å². The molecule has 0 unspecified atom stereocenters. The molecule has 1 aliphatic heterocycles. The van der Waals surface area contributed by atoms with Crippen molar-refractivity contribution in [3.05, 3.63) is 16.1 Å². The van der Waals surface area contributed by atoms with Crippen molar-refractivity contribution in [1.29, 1.82) is 0 Å². The van der Waals surface area contributed by atoms with Gasteiger partial charge in [-0.3, -0.25) is 4.79 Å². The molecule has 2 heterocycles. The van der Waals surface area contributed by atoms with Gasteiger partial charge in [-0.2, -0.15) is 0 Å². The number of ether oxygens (including phenoxy) is 2. The molecular weight excluding hydrogens is 250 g/mol. The van der Waals surface area contributed by atoms with Crippen LogP contribution in [-0.2, 0) is 26.1 Å². The van der Waals surface area contributed by atoms with E-state index in [1.165, 1.54) is 0 Å². The quantitative estimate of drug-likeness (QED) is 0.841. The Hall–Kier alpha value is -0.780. The number of thiazole rings is 1. The normalized spacial score (nSPS) is 17.3. The molecule has 18 heavy (non-hydrogen) atoms. The summed E-state index contributed by atoms with van der Waals surface area (Å²) in [6.45, 7) is 7.53. The fraction of sp³-hybridized carbons (Fsp3) is 0.692. The summed E-state index contributed by atoms with van der Waals surface area (Å²) in [5.74, 6) is 0.122. The van der Waals surface area contributed by atoms with Crippen molar-refractivity contribution < 1.29 is 14.3 Å². The number of hydrogen-bond donors (Lipinski definition) is 0. The lowest BCUT2D eigenvalue weighted by Gasteiger charge is -2.14. The zero-order valence-corrected chi connectivity index (χ0v) is 11.9. The highest BCUT2D eigenvalue weighted by molar-refractivity contribution is 7.09. The summed E-state index contributed by atoms with van der Waals surface area (Å²) in [5, 5.41) is 2.91. The Morgan fingerprint density at radius 3 is 2.67 bits per heavy atom. The van der Waals surface area contributed by atoms with E-state index >= 15 is 0 Å². The largest absolute Gasteiger partial charge is 0.350 e. The van der Waals surface area contributed by atoms with Gasteiger partial charge in [-0.1, -0.05) is 20.8 Å². The Bertz CT molecular complexity index is 416. The van der Waals surface area contributed by atoms with Crippen LogP contribution in [-0.4, -0.2) is 30.3 Å². The first-order chi connectivity index (χ1) is 8.45. The summed E-state index contributed by atoms with van der Waals surface area (Å²) in [4.78, 5) is 16.3. The number of aromatic nitrogens is 1. The smallest absolute Gasteiger partial charge is 0.164 e. The molecule has 0 aliphatic carbocycles. The molecule has 0 amide bonds. The molecular formula is C13H19NO3S. The van der Waals surface area contributed by atoms with Crippen molar-refractivity contribution in [2.75, 3.05) is 13.2 Å². The molecule has 0 radical (unpaired) electrons. The first-order valence-corrected chi connectivity index (χ1v) is 7.03. The average Bonchev–Trinajstić information content (AvgIpc) is 2.87. The Morgan fingerprint density at radius 2 is 2.11 bits per heavy atom. The molecule has 4 nitrogen and oxygen atoms in total. The lowest BCUT2D eigenvalue weighted by Crippen LogP contribution is -2.16. The van der Waals surface area contributed by atoms with Crippen molar-refractivity contribution in [3.8, 4) is 0 Å². The number of carbonyl (C=O) groups excluding carboxylic acids is 1. The van der Waals surface area contributed by atoms with Gasteiger partial charge in [0.25, 0.3) is 0 Å². The second kappa shape index (κ2) is 5.47.